The Morgan fingerprint density at radius 1 is 0.912 bits per heavy atom. The standard InChI is InChI=1S/C28H48O5Si/c1-26(2,3)22-15-19(16-23(25(22)31)27(4,5)6)13-14-20(29)17-21(18-24(30)32-10)33-34(11,12)28(7,8)9/h15-16,21,31H,13-14,17-18H2,1-12H3. The lowest BCUT2D eigenvalue weighted by Gasteiger charge is -2.39. The highest BCUT2D eigenvalue weighted by Crippen LogP contribution is 2.40. The van der Waals surface area contributed by atoms with E-state index in [4.69, 9.17) is 9.16 Å². The molecule has 1 atom stereocenters. The minimum Gasteiger partial charge on any atom is -0.507 e. The second kappa shape index (κ2) is 10.9. The first-order chi connectivity index (χ1) is 15.2. The highest BCUT2D eigenvalue weighted by molar-refractivity contribution is 6.74. The molecule has 0 aromatic heterocycles. The van der Waals surface area contributed by atoms with Gasteiger partial charge in [0.1, 0.15) is 11.5 Å². The number of ether oxygens (including phenoxy) is 1. The van der Waals surface area contributed by atoms with Gasteiger partial charge in [0.2, 0.25) is 0 Å². The van der Waals surface area contributed by atoms with Crippen LogP contribution in [0.3, 0.4) is 0 Å². The quantitative estimate of drug-likeness (QED) is 0.302. The summed E-state index contributed by atoms with van der Waals surface area (Å²) in [6.45, 7) is 23.2. The molecule has 34 heavy (non-hydrogen) atoms. The molecule has 0 saturated carbocycles. The summed E-state index contributed by atoms with van der Waals surface area (Å²) in [4.78, 5) is 25.0. The van der Waals surface area contributed by atoms with Crippen molar-refractivity contribution in [3.8, 4) is 5.75 Å². The second-order valence-corrected chi connectivity index (χ2v) is 17.8. The van der Waals surface area contributed by atoms with Crippen LogP contribution in [0.1, 0.15) is 98.3 Å². The van der Waals surface area contributed by atoms with Crippen LogP contribution in [0.5, 0.6) is 5.75 Å². The van der Waals surface area contributed by atoms with Gasteiger partial charge in [-0.05, 0) is 52.1 Å². The Morgan fingerprint density at radius 3 is 1.76 bits per heavy atom. The van der Waals surface area contributed by atoms with Crippen LogP contribution in [0.4, 0.5) is 0 Å². The Labute approximate surface area is 208 Å². The average molecular weight is 493 g/mol. The molecular formula is C28H48O5Si. The lowest BCUT2D eigenvalue weighted by atomic mass is 9.78. The maximum atomic E-state index is 13.0. The molecule has 1 rings (SSSR count). The molecule has 0 aliphatic carbocycles. The van der Waals surface area contributed by atoms with Crippen LogP contribution in [-0.4, -0.2) is 38.4 Å². The Kier molecular flexibility index (Phi) is 9.77. The molecule has 0 spiro atoms. The monoisotopic (exact) mass is 492 g/mol. The van der Waals surface area contributed by atoms with Crippen LogP contribution < -0.4 is 0 Å². The topological polar surface area (TPSA) is 72.8 Å². The van der Waals surface area contributed by atoms with Crippen molar-refractivity contribution in [2.24, 2.45) is 0 Å². The van der Waals surface area contributed by atoms with Gasteiger partial charge in [-0.1, -0.05) is 74.4 Å². The van der Waals surface area contributed by atoms with Crippen LogP contribution >= 0.6 is 0 Å². The largest absolute Gasteiger partial charge is 0.507 e. The molecule has 1 aromatic carbocycles. The minimum absolute atomic E-state index is 0.0246. The van der Waals surface area contributed by atoms with Gasteiger partial charge in [0, 0.05) is 12.8 Å². The first-order valence-corrected chi connectivity index (χ1v) is 15.2. The number of ketones is 1. The number of hydrogen-bond donors (Lipinski definition) is 1. The van der Waals surface area contributed by atoms with Gasteiger partial charge in [-0.25, -0.2) is 0 Å². The van der Waals surface area contributed by atoms with Crippen molar-refractivity contribution < 1.29 is 23.9 Å². The number of aryl methyl sites for hydroxylation is 1. The Hall–Kier alpha value is -1.66. The van der Waals surface area contributed by atoms with Crippen LogP contribution in [0.15, 0.2) is 12.1 Å². The molecule has 194 valence electrons. The molecule has 1 N–H and O–H groups in total. The molecule has 0 fully saturated rings. The number of Topliss-reactive ketones (excluding diaryl/α,β-unsaturated/α-hetero) is 1. The third kappa shape index (κ3) is 8.53. The summed E-state index contributed by atoms with van der Waals surface area (Å²) in [5.41, 5.74) is 2.40. The molecule has 1 aromatic rings. The first-order valence-electron chi connectivity index (χ1n) is 12.3. The van der Waals surface area contributed by atoms with Gasteiger partial charge in [-0.15, -0.1) is 0 Å². The number of benzene rings is 1. The summed E-state index contributed by atoms with van der Waals surface area (Å²) in [6.07, 6.45) is 0.733. The molecule has 0 heterocycles. The zero-order valence-electron chi connectivity index (χ0n) is 23.6. The summed E-state index contributed by atoms with van der Waals surface area (Å²) in [5.74, 6) is 0.0472. The highest BCUT2D eigenvalue weighted by Gasteiger charge is 2.40. The third-order valence-corrected chi connectivity index (χ3v) is 11.4. The molecule has 6 heteroatoms. The van der Waals surface area contributed by atoms with E-state index in [0.717, 1.165) is 16.7 Å². The van der Waals surface area contributed by atoms with Gasteiger partial charge in [-0.3, -0.25) is 9.59 Å². The summed E-state index contributed by atoms with van der Waals surface area (Å²) in [7, 11) is -0.793. The van der Waals surface area contributed by atoms with Crippen LogP contribution in [0.2, 0.25) is 18.1 Å². The van der Waals surface area contributed by atoms with Crippen molar-refractivity contribution >= 4 is 20.1 Å². The number of carbonyl (C=O) groups is 2. The summed E-state index contributed by atoms with van der Waals surface area (Å²) < 4.78 is 11.3. The summed E-state index contributed by atoms with van der Waals surface area (Å²) >= 11 is 0. The maximum Gasteiger partial charge on any atom is 0.308 e. The van der Waals surface area contributed by atoms with Crippen molar-refractivity contribution in [3.05, 3.63) is 28.8 Å². The van der Waals surface area contributed by atoms with Crippen molar-refractivity contribution in [1.29, 1.82) is 0 Å². The number of rotatable bonds is 9. The smallest absolute Gasteiger partial charge is 0.308 e. The average Bonchev–Trinajstić information content (AvgIpc) is 2.63. The maximum absolute atomic E-state index is 13.0. The van der Waals surface area contributed by atoms with E-state index in [1.807, 2.05) is 12.1 Å². The van der Waals surface area contributed by atoms with Crippen molar-refractivity contribution in [1.82, 2.24) is 0 Å². The SMILES string of the molecule is COC(=O)CC(CC(=O)CCc1cc(C(C)(C)C)c(O)c(C(C)(C)C)c1)O[Si](C)(C)C(C)(C)C. The number of phenols is 1. The molecule has 0 bridgehead atoms. The normalized spacial score (nSPS) is 14.1. The van der Waals surface area contributed by atoms with E-state index in [2.05, 4.69) is 75.4 Å². The predicted octanol–water partition coefficient (Wildman–Crippen LogP) is 6.83. The molecular weight excluding hydrogens is 444 g/mol. The zero-order chi connectivity index (χ0) is 26.7. The van der Waals surface area contributed by atoms with Crippen molar-refractivity contribution in [2.45, 2.75) is 123 Å². The van der Waals surface area contributed by atoms with Crippen LogP contribution in [-0.2, 0) is 36.0 Å². The number of phenolic OH excluding ortho intramolecular Hbond substituents is 1. The molecule has 0 amide bonds. The molecule has 0 aliphatic heterocycles. The second-order valence-electron chi connectivity index (χ2n) is 13.1. The van der Waals surface area contributed by atoms with Gasteiger partial charge < -0.3 is 14.3 Å². The van der Waals surface area contributed by atoms with E-state index >= 15 is 0 Å². The number of carbonyl (C=O) groups excluding carboxylic acids is 2. The van der Waals surface area contributed by atoms with E-state index in [9.17, 15) is 14.7 Å². The molecule has 5 nitrogen and oxygen atoms in total. The Bertz CT molecular complexity index is 831. The van der Waals surface area contributed by atoms with Gasteiger partial charge in [0.15, 0.2) is 8.32 Å². The zero-order valence-corrected chi connectivity index (χ0v) is 24.6. The summed E-state index contributed by atoms with van der Waals surface area (Å²) in [5, 5.41) is 10.9. The van der Waals surface area contributed by atoms with Crippen LogP contribution in [0, 0.1) is 0 Å². The molecule has 0 aliphatic rings. The fraction of sp³-hybridized carbons (Fsp3) is 0.714. The van der Waals surface area contributed by atoms with Gasteiger partial charge in [-0.2, -0.15) is 0 Å². The van der Waals surface area contributed by atoms with E-state index < -0.39 is 14.4 Å². The number of methoxy groups -OCH3 is 1. The number of esters is 1. The first kappa shape index (κ1) is 30.4. The van der Waals surface area contributed by atoms with Crippen LogP contribution in [0.25, 0.3) is 0 Å². The fourth-order valence-corrected chi connectivity index (χ4v) is 4.99. The van der Waals surface area contributed by atoms with E-state index in [1.54, 1.807) is 0 Å². The predicted molar refractivity (Wildman–Crippen MR) is 142 cm³/mol. The molecule has 0 radical (unpaired) electrons. The van der Waals surface area contributed by atoms with E-state index in [0.29, 0.717) is 18.6 Å². The van der Waals surface area contributed by atoms with Gasteiger partial charge in [0.25, 0.3) is 0 Å². The molecule has 0 saturated heterocycles. The number of hydrogen-bond acceptors (Lipinski definition) is 5. The molecule has 1 unspecified atom stereocenters. The Balaban J connectivity index is 3.09. The van der Waals surface area contributed by atoms with E-state index in [-0.39, 0.29) is 40.5 Å². The highest BCUT2D eigenvalue weighted by atomic mass is 28.4. The summed E-state index contributed by atoms with van der Waals surface area (Å²) in [6, 6.07) is 4.05. The van der Waals surface area contributed by atoms with Gasteiger partial charge >= 0.3 is 5.97 Å². The third-order valence-electron chi connectivity index (χ3n) is 6.82. The lowest BCUT2D eigenvalue weighted by Crippen LogP contribution is -2.45. The van der Waals surface area contributed by atoms with Crippen molar-refractivity contribution in [3.63, 3.8) is 0 Å². The number of aromatic hydroxyl groups is 1. The van der Waals surface area contributed by atoms with E-state index in [1.165, 1.54) is 7.11 Å². The minimum atomic E-state index is -2.15. The van der Waals surface area contributed by atoms with Gasteiger partial charge in [0.05, 0.1) is 19.6 Å². The fourth-order valence-electron chi connectivity index (χ4n) is 3.64. The Morgan fingerprint density at radius 2 is 1.38 bits per heavy atom. The van der Waals surface area contributed by atoms with Crippen molar-refractivity contribution in [2.75, 3.05) is 7.11 Å². The lowest BCUT2D eigenvalue weighted by molar-refractivity contribution is -0.142.